The van der Waals surface area contributed by atoms with Crippen molar-refractivity contribution >= 4 is 23.5 Å². The quantitative estimate of drug-likeness (QED) is 0.898. The molecule has 24 heavy (non-hydrogen) atoms. The molecule has 124 valence electrons. The first-order valence-corrected chi connectivity index (χ1v) is 8.60. The van der Waals surface area contributed by atoms with Crippen molar-refractivity contribution < 1.29 is 18.7 Å². The summed E-state index contributed by atoms with van der Waals surface area (Å²) in [5.41, 5.74) is 1.15. The molecule has 1 fully saturated rings. The highest BCUT2D eigenvalue weighted by Crippen LogP contribution is 2.39. The van der Waals surface area contributed by atoms with Gasteiger partial charge in [-0.1, -0.05) is 18.2 Å². The van der Waals surface area contributed by atoms with Gasteiger partial charge < -0.3 is 19.7 Å². The number of thioether (sulfide) groups is 1. The Kier molecular flexibility index (Phi) is 3.93. The number of fused-ring (bicyclic) bond motifs is 1. The van der Waals surface area contributed by atoms with Gasteiger partial charge in [-0.05, 0) is 18.2 Å². The molecule has 2 amide bonds. The maximum absolute atomic E-state index is 14.1. The van der Waals surface area contributed by atoms with Crippen molar-refractivity contribution in [2.45, 2.75) is 5.37 Å². The number of carbonyl (C=O) groups excluding carboxylic acids is 1. The van der Waals surface area contributed by atoms with Crippen LogP contribution in [0.4, 0.5) is 14.9 Å². The van der Waals surface area contributed by atoms with Crippen LogP contribution in [0.3, 0.4) is 0 Å². The van der Waals surface area contributed by atoms with Crippen molar-refractivity contribution in [1.29, 1.82) is 0 Å². The zero-order chi connectivity index (χ0) is 16.5. The lowest BCUT2D eigenvalue weighted by Crippen LogP contribution is -2.34. The van der Waals surface area contributed by atoms with E-state index in [1.54, 1.807) is 53.1 Å². The lowest BCUT2D eigenvalue weighted by molar-refractivity contribution is 0.174. The number of halogens is 1. The molecule has 1 atom stereocenters. The summed E-state index contributed by atoms with van der Waals surface area (Å²) >= 11 is 1.56. The van der Waals surface area contributed by atoms with E-state index >= 15 is 0 Å². The van der Waals surface area contributed by atoms with Crippen LogP contribution in [0, 0.1) is 5.82 Å². The average Bonchev–Trinajstić information content (AvgIpc) is 3.24. The van der Waals surface area contributed by atoms with Crippen LogP contribution in [0.1, 0.15) is 10.9 Å². The SMILES string of the molecule is O=C(Nc1ccc2c(c1)OCO2)N1CCSC1c1ccccc1F. The Morgan fingerprint density at radius 2 is 2.04 bits per heavy atom. The minimum absolute atomic E-state index is 0.185. The van der Waals surface area contributed by atoms with E-state index in [2.05, 4.69) is 5.32 Å². The summed E-state index contributed by atoms with van der Waals surface area (Å²) in [4.78, 5) is 14.3. The van der Waals surface area contributed by atoms with E-state index in [9.17, 15) is 9.18 Å². The number of hydrogen-bond acceptors (Lipinski definition) is 4. The molecule has 1 unspecified atom stereocenters. The van der Waals surface area contributed by atoms with Crippen molar-refractivity contribution in [3.63, 3.8) is 0 Å². The molecular weight excluding hydrogens is 331 g/mol. The highest BCUT2D eigenvalue weighted by Gasteiger charge is 2.32. The number of anilines is 1. The standard InChI is InChI=1S/C17H15FN2O3S/c18-13-4-2-1-3-12(13)16-20(7-8-24-16)17(21)19-11-5-6-14-15(9-11)23-10-22-14/h1-6,9,16H,7-8,10H2,(H,19,21). The average molecular weight is 346 g/mol. The molecule has 0 radical (unpaired) electrons. The van der Waals surface area contributed by atoms with Gasteiger partial charge in [0.2, 0.25) is 6.79 Å². The molecule has 2 aliphatic heterocycles. The molecular formula is C17H15FN2O3S. The Balaban J connectivity index is 1.52. The summed E-state index contributed by atoms with van der Waals surface area (Å²) in [7, 11) is 0. The summed E-state index contributed by atoms with van der Waals surface area (Å²) in [6.45, 7) is 0.755. The molecule has 1 saturated heterocycles. The molecule has 7 heteroatoms. The minimum atomic E-state index is -0.319. The number of ether oxygens (including phenoxy) is 2. The summed E-state index contributed by atoms with van der Waals surface area (Å²) in [5.74, 6) is 1.74. The zero-order valence-corrected chi connectivity index (χ0v) is 13.5. The Labute approximate surface area is 142 Å². The molecule has 0 aliphatic carbocycles. The third-order valence-corrected chi connectivity index (χ3v) is 5.19. The lowest BCUT2D eigenvalue weighted by atomic mass is 10.2. The molecule has 4 rings (SSSR count). The van der Waals surface area contributed by atoms with Crippen LogP contribution < -0.4 is 14.8 Å². The van der Waals surface area contributed by atoms with E-state index in [-0.39, 0.29) is 24.0 Å². The molecule has 0 aromatic heterocycles. The fraction of sp³-hybridized carbons (Fsp3) is 0.235. The third-order valence-electron chi connectivity index (χ3n) is 3.95. The molecule has 2 aromatic rings. The second kappa shape index (κ2) is 6.24. The van der Waals surface area contributed by atoms with Crippen LogP contribution in [0.15, 0.2) is 42.5 Å². The number of hydrogen-bond donors (Lipinski definition) is 1. The summed E-state index contributed by atoms with van der Waals surface area (Å²) in [5, 5.41) is 2.53. The van der Waals surface area contributed by atoms with Crippen molar-refractivity contribution in [2.75, 3.05) is 24.4 Å². The first kappa shape index (κ1) is 15.1. The normalized spacial score (nSPS) is 18.7. The second-order valence-electron chi connectivity index (χ2n) is 5.44. The van der Waals surface area contributed by atoms with E-state index in [0.717, 1.165) is 5.75 Å². The Hall–Kier alpha value is -2.41. The summed E-state index contributed by atoms with van der Waals surface area (Å²) in [6, 6.07) is 11.5. The van der Waals surface area contributed by atoms with E-state index in [0.29, 0.717) is 29.3 Å². The van der Waals surface area contributed by atoms with Crippen molar-refractivity contribution in [3.05, 3.63) is 53.8 Å². The number of carbonyl (C=O) groups is 1. The van der Waals surface area contributed by atoms with E-state index in [1.165, 1.54) is 6.07 Å². The van der Waals surface area contributed by atoms with Gasteiger partial charge in [0.1, 0.15) is 11.2 Å². The van der Waals surface area contributed by atoms with E-state index in [1.807, 2.05) is 0 Å². The van der Waals surface area contributed by atoms with E-state index < -0.39 is 0 Å². The van der Waals surface area contributed by atoms with Crippen LogP contribution in [0.25, 0.3) is 0 Å². The van der Waals surface area contributed by atoms with E-state index in [4.69, 9.17) is 9.47 Å². The fourth-order valence-electron chi connectivity index (χ4n) is 2.78. The van der Waals surface area contributed by atoms with Gasteiger partial charge in [-0.25, -0.2) is 9.18 Å². The first-order chi connectivity index (χ1) is 11.7. The molecule has 2 heterocycles. The number of rotatable bonds is 2. The minimum Gasteiger partial charge on any atom is -0.454 e. The maximum Gasteiger partial charge on any atom is 0.323 e. The summed E-state index contributed by atoms with van der Waals surface area (Å²) < 4.78 is 24.6. The van der Waals surface area contributed by atoms with Crippen molar-refractivity contribution in [1.82, 2.24) is 4.90 Å². The molecule has 5 nitrogen and oxygen atoms in total. The lowest BCUT2D eigenvalue weighted by Gasteiger charge is -2.24. The fourth-order valence-corrected chi connectivity index (χ4v) is 4.06. The zero-order valence-electron chi connectivity index (χ0n) is 12.7. The third kappa shape index (κ3) is 2.75. The number of benzene rings is 2. The predicted octanol–water partition coefficient (Wildman–Crippen LogP) is 3.83. The highest BCUT2D eigenvalue weighted by molar-refractivity contribution is 7.99. The van der Waals surface area contributed by atoms with Crippen LogP contribution in [-0.4, -0.2) is 30.0 Å². The smallest absolute Gasteiger partial charge is 0.323 e. The molecule has 2 aromatic carbocycles. The van der Waals surface area contributed by atoms with Gasteiger partial charge in [-0.15, -0.1) is 11.8 Å². The number of amides is 2. The van der Waals surface area contributed by atoms with Crippen LogP contribution >= 0.6 is 11.8 Å². The van der Waals surface area contributed by atoms with Crippen LogP contribution in [0.2, 0.25) is 0 Å². The highest BCUT2D eigenvalue weighted by atomic mass is 32.2. The topological polar surface area (TPSA) is 50.8 Å². The van der Waals surface area contributed by atoms with Gasteiger partial charge in [0.15, 0.2) is 11.5 Å². The molecule has 1 N–H and O–H groups in total. The predicted molar refractivity (Wildman–Crippen MR) is 89.9 cm³/mol. The van der Waals surface area contributed by atoms with Gasteiger partial charge >= 0.3 is 6.03 Å². The van der Waals surface area contributed by atoms with Crippen molar-refractivity contribution in [3.8, 4) is 11.5 Å². The van der Waals surface area contributed by atoms with Crippen LogP contribution in [-0.2, 0) is 0 Å². The molecule has 0 spiro atoms. The second-order valence-corrected chi connectivity index (χ2v) is 6.62. The number of urea groups is 1. The number of nitrogens with zero attached hydrogens (tertiary/aromatic N) is 1. The summed E-state index contributed by atoms with van der Waals surface area (Å²) in [6.07, 6.45) is 0. The number of nitrogens with one attached hydrogen (secondary N) is 1. The first-order valence-electron chi connectivity index (χ1n) is 7.56. The van der Waals surface area contributed by atoms with Crippen molar-refractivity contribution in [2.24, 2.45) is 0 Å². The van der Waals surface area contributed by atoms with Gasteiger partial charge in [-0.2, -0.15) is 0 Å². The van der Waals surface area contributed by atoms with Crippen LogP contribution in [0.5, 0.6) is 11.5 Å². The van der Waals surface area contributed by atoms with Gasteiger partial charge in [0, 0.05) is 29.6 Å². The Morgan fingerprint density at radius 3 is 2.92 bits per heavy atom. The monoisotopic (exact) mass is 346 g/mol. The molecule has 0 bridgehead atoms. The Bertz CT molecular complexity index is 786. The van der Waals surface area contributed by atoms with Gasteiger partial charge in [0.05, 0.1) is 0 Å². The van der Waals surface area contributed by atoms with Gasteiger partial charge in [-0.3, -0.25) is 0 Å². The van der Waals surface area contributed by atoms with Gasteiger partial charge in [0.25, 0.3) is 0 Å². The Morgan fingerprint density at radius 1 is 1.21 bits per heavy atom. The maximum atomic E-state index is 14.1. The largest absolute Gasteiger partial charge is 0.454 e. The molecule has 0 saturated carbocycles. The molecule has 2 aliphatic rings.